The number of carbonyl (C=O) groups is 1. The number of fused-ring (bicyclic) bond motifs is 2. The van der Waals surface area contributed by atoms with Gasteiger partial charge in [0.1, 0.15) is 11.5 Å². The van der Waals surface area contributed by atoms with E-state index in [4.69, 9.17) is 4.74 Å². The molecule has 0 saturated heterocycles. The van der Waals surface area contributed by atoms with Crippen LogP contribution in [-0.2, 0) is 10.1 Å². The molecule has 9 heteroatoms. The summed E-state index contributed by atoms with van der Waals surface area (Å²) in [5, 5.41) is 16.8. The molecule has 0 aromatic heterocycles. The number of benzene rings is 5. The van der Waals surface area contributed by atoms with E-state index >= 15 is 0 Å². The van der Waals surface area contributed by atoms with Crippen molar-refractivity contribution in [3.05, 3.63) is 137 Å². The van der Waals surface area contributed by atoms with E-state index in [0.29, 0.717) is 34.0 Å². The summed E-state index contributed by atoms with van der Waals surface area (Å²) in [7, 11) is -4.32. The molecular weight excluding hydrogens is 564 g/mol. The van der Waals surface area contributed by atoms with Crippen LogP contribution in [0.4, 0.5) is 22.7 Å². The molecule has 216 valence electrons. The zero-order valence-electron chi connectivity index (χ0n) is 23.3. The molecular formula is C34H28N2O6S. The average molecular weight is 593 g/mol. The Balaban J connectivity index is 1.43. The number of carboxylic acids is 1. The molecule has 0 fully saturated rings. The Morgan fingerprint density at radius 2 is 1.28 bits per heavy atom. The summed E-state index contributed by atoms with van der Waals surface area (Å²) in [6, 6.07) is 30.7. The lowest BCUT2D eigenvalue weighted by Crippen LogP contribution is -2.15. The lowest BCUT2D eigenvalue weighted by Gasteiger charge is -2.30. The third-order valence-electron chi connectivity index (χ3n) is 7.57. The molecule has 1 atom stereocenters. The fourth-order valence-corrected chi connectivity index (χ4v) is 5.97. The maximum Gasteiger partial charge on any atom is 0.335 e. The number of carboxylic acid groups (broad SMARTS) is 1. The second kappa shape index (κ2) is 10.9. The number of hydrogen-bond donors (Lipinski definition) is 4. The first-order valence-electron chi connectivity index (χ1n) is 13.5. The second-order valence-electron chi connectivity index (χ2n) is 10.4. The molecule has 0 saturated carbocycles. The lowest BCUT2D eigenvalue weighted by atomic mass is 9.80. The van der Waals surface area contributed by atoms with Crippen LogP contribution in [0, 0.1) is 13.8 Å². The fourth-order valence-electron chi connectivity index (χ4n) is 5.40. The van der Waals surface area contributed by atoms with Crippen molar-refractivity contribution in [2.75, 3.05) is 10.6 Å². The monoisotopic (exact) mass is 592 g/mol. The van der Waals surface area contributed by atoms with E-state index in [9.17, 15) is 22.9 Å². The molecule has 0 radical (unpaired) electrons. The van der Waals surface area contributed by atoms with E-state index in [1.807, 2.05) is 79.7 Å². The highest BCUT2D eigenvalue weighted by Crippen LogP contribution is 2.50. The van der Waals surface area contributed by atoms with Crippen LogP contribution in [0.3, 0.4) is 0 Å². The highest BCUT2D eigenvalue weighted by atomic mass is 32.2. The Hall–Kier alpha value is -5.12. The van der Waals surface area contributed by atoms with Crippen molar-refractivity contribution >= 4 is 38.8 Å². The van der Waals surface area contributed by atoms with Gasteiger partial charge >= 0.3 is 5.97 Å². The number of aryl methyl sites for hydroxylation is 2. The maximum atomic E-state index is 12.2. The van der Waals surface area contributed by atoms with Crippen molar-refractivity contribution in [2.45, 2.75) is 24.7 Å². The molecule has 1 unspecified atom stereocenters. The van der Waals surface area contributed by atoms with Crippen LogP contribution in [0.5, 0.6) is 11.5 Å². The number of hydrogen-bond acceptors (Lipinski definition) is 6. The van der Waals surface area contributed by atoms with Crippen molar-refractivity contribution in [1.82, 2.24) is 0 Å². The van der Waals surface area contributed by atoms with Gasteiger partial charge in [-0.05, 0) is 73.0 Å². The van der Waals surface area contributed by atoms with Crippen molar-refractivity contribution in [1.29, 1.82) is 0 Å². The van der Waals surface area contributed by atoms with Gasteiger partial charge in [0.15, 0.2) is 0 Å². The summed E-state index contributed by atoms with van der Waals surface area (Å²) in [6.07, 6.45) is 0. The van der Waals surface area contributed by atoms with Gasteiger partial charge in [-0.25, -0.2) is 4.79 Å². The molecule has 4 N–H and O–H groups in total. The average Bonchev–Trinajstić information content (AvgIpc) is 2.97. The first-order chi connectivity index (χ1) is 20.6. The highest BCUT2D eigenvalue weighted by Gasteiger charge is 2.32. The SMILES string of the molecule is Cc1ccccc1Nc1ccc2c(c1)Oc1cc(Nc3ccc(S(=O)(=O)O)cc3C)ccc1C2c1ccccc1C(=O)O. The zero-order valence-corrected chi connectivity index (χ0v) is 24.1. The maximum absolute atomic E-state index is 12.2. The van der Waals surface area contributed by atoms with Crippen molar-refractivity contribution < 1.29 is 27.6 Å². The predicted octanol–water partition coefficient (Wildman–Crippen LogP) is 8.02. The third kappa shape index (κ3) is 5.55. The van der Waals surface area contributed by atoms with Gasteiger partial charge < -0.3 is 20.5 Å². The number of nitrogens with one attached hydrogen (secondary N) is 2. The van der Waals surface area contributed by atoms with Gasteiger partial charge in [-0.15, -0.1) is 0 Å². The van der Waals surface area contributed by atoms with Gasteiger partial charge in [0.2, 0.25) is 0 Å². The Morgan fingerprint density at radius 3 is 1.86 bits per heavy atom. The Morgan fingerprint density at radius 1 is 0.698 bits per heavy atom. The molecule has 0 spiro atoms. The summed E-state index contributed by atoms with van der Waals surface area (Å²) in [5.41, 5.74) is 7.36. The number of aromatic carboxylic acids is 1. The number of para-hydroxylation sites is 1. The minimum Gasteiger partial charge on any atom is -0.478 e. The van der Waals surface area contributed by atoms with E-state index in [0.717, 1.165) is 28.1 Å². The van der Waals surface area contributed by atoms with Gasteiger partial charge in [-0.2, -0.15) is 8.42 Å². The molecule has 0 amide bonds. The van der Waals surface area contributed by atoms with Crippen LogP contribution in [-0.4, -0.2) is 24.0 Å². The predicted molar refractivity (Wildman–Crippen MR) is 166 cm³/mol. The van der Waals surface area contributed by atoms with Crippen molar-refractivity contribution in [3.63, 3.8) is 0 Å². The zero-order chi connectivity index (χ0) is 30.3. The number of anilines is 4. The standard InChI is InChI=1S/C34H28N2O6S/c1-20-7-3-6-10-29(20)35-22-11-14-27-31(18-22)42-32-19-23(36-30-16-13-24(17-21(30)2)43(39,40)41)12-15-28(32)33(27)25-8-4-5-9-26(25)34(37)38/h3-19,33,35-36H,1-2H3,(H,37,38)(H,39,40,41). The minimum absolute atomic E-state index is 0.184. The molecule has 6 rings (SSSR count). The van der Waals surface area contributed by atoms with Crippen molar-refractivity contribution in [3.8, 4) is 11.5 Å². The molecule has 5 aromatic carbocycles. The van der Waals surface area contributed by atoms with Crippen LogP contribution < -0.4 is 15.4 Å². The summed E-state index contributed by atoms with van der Waals surface area (Å²) in [4.78, 5) is 12.1. The van der Waals surface area contributed by atoms with Crippen LogP contribution in [0.2, 0.25) is 0 Å². The summed E-state index contributed by atoms with van der Waals surface area (Å²) in [6.45, 7) is 3.77. The summed E-state index contributed by atoms with van der Waals surface area (Å²) in [5.74, 6) is -0.251. The van der Waals surface area contributed by atoms with Gasteiger partial charge in [0.05, 0.1) is 10.5 Å². The van der Waals surface area contributed by atoms with Gasteiger partial charge in [-0.3, -0.25) is 4.55 Å². The molecule has 1 aliphatic rings. The van der Waals surface area contributed by atoms with Gasteiger partial charge in [0.25, 0.3) is 10.1 Å². The molecule has 43 heavy (non-hydrogen) atoms. The first kappa shape index (κ1) is 28.0. The van der Waals surface area contributed by atoms with E-state index in [1.54, 1.807) is 25.1 Å². The van der Waals surface area contributed by atoms with Gasteiger partial charge in [-0.1, -0.05) is 48.5 Å². The van der Waals surface area contributed by atoms with Crippen LogP contribution in [0.1, 0.15) is 44.1 Å². The normalized spacial score (nSPS) is 13.8. The largest absolute Gasteiger partial charge is 0.478 e. The first-order valence-corrected chi connectivity index (χ1v) is 15.0. The highest BCUT2D eigenvalue weighted by molar-refractivity contribution is 7.85. The smallest absolute Gasteiger partial charge is 0.335 e. The fraction of sp³-hybridized carbons (Fsp3) is 0.0882. The number of ether oxygens (including phenoxy) is 1. The topological polar surface area (TPSA) is 125 Å². The Labute approximate surface area is 249 Å². The van der Waals surface area contributed by atoms with Crippen LogP contribution in [0.15, 0.2) is 108 Å². The Kier molecular flexibility index (Phi) is 7.13. The van der Waals surface area contributed by atoms with Gasteiger partial charge in [0, 0.05) is 51.9 Å². The van der Waals surface area contributed by atoms with Crippen LogP contribution >= 0.6 is 0 Å². The summed E-state index contributed by atoms with van der Waals surface area (Å²) < 4.78 is 39.0. The van der Waals surface area contributed by atoms with E-state index in [2.05, 4.69) is 10.6 Å². The van der Waals surface area contributed by atoms with Crippen molar-refractivity contribution in [2.24, 2.45) is 0 Å². The van der Waals surface area contributed by atoms with Crippen LogP contribution in [0.25, 0.3) is 0 Å². The second-order valence-corrected chi connectivity index (χ2v) is 11.9. The third-order valence-corrected chi connectivity index (χ3v) is 8.42. The molecule has 0 bridgehead atoms. The quantitative estimate of drug-likeness (QED) is 0.137. The van der Waals surface area contributed by atoms with E-state index < -0.39 is 22.0 Å². The van der Waals surface area contributed by atoms with E-state index in [-0.39, 0.29) is 10.5 Å². The summed E-state index contributed by atoms with van der Waals surface area (Å²) >= 11 is 0. The lowest BCUT2D eigenvalue weighted by molar-refractivity contribution is 0.0695. The molecule has 1 aliphatic heterocycles. The molecule has 1 heterocycles. The molecule has 5 aromatic rings. The molecule has 0 aliphatic carbocycles. The minimum atomic E-state index is -4.32. The Bertz CT molecular complexity index is 2000. The molecule has 8 nitrogen and oxygen atoms in total. The van der Waals surface area contributed by atoms with E-state index in [1.165, 1.54) is 12.1 Å². The number of rotatable bonds is 7.